The number of fused-ring (bicyclic) bond motifs is 1. The predicted octanol–water partition coefficient (Wildman–Crippen LogP) is 3.17. The predicted molar refractivity (Wildman–Crippen MR) is 80.1 cm³/mol. The van der Waals surface area contributed by atoms with E-state index < -0.39 is 0 Å². The number of thiophene rings is 1. The maximum absolute atomic E-state index is 11.1. The molecule has 5 nitrogen and oxygen atoms in total. The number of hydrogen-bond donors (Lipinski definition) is 1. The number of rotatable bonds is 6. The van der Waals surface area contributed by atoms with E-state index in [0.717, 1.165) is 29.6 Å². The molecule has 2 aromatic rings. The Morgan fingerprint density at radius 3 is 2.79 bits per heavy atom. The van der Waals surface area contributed by atoms with E-state index in [2.05, 4.69) is 10.2 Å². The van der Waals surface area contributed by atoms with Gasteiger partial charge in [-0.25, -0.2) is 0 Å². The van der Waals surface area contributed by atoms with Crippen LogP contribution >= 0.6 is 11.3 Å². The molecule has 0 radical (unpaired) electrons. The molecule has 1 aromatic carbocycles. The van der Waals surface area contributed by atoms with Crippen molar-refractivity contribution in [3.05, 3.63) is 34.4 Å². The number of anilines is 1. The third-order valence-corrected chi connectivity index (χ3v) is 3.95. The minimum absolute atomic E-state index is 0.200. The third-order valence-electron chi connectivity index (χ3n) is 2.83. The second-order valence-corrected chi connectivity index (χ2v) is 5.65. The van der Waals surface area contributed by atoms with Gasteiger partial charge in [0.05, 0.1) is 4.92 Å². The minimum Gasteiger partial charge on any atom is -0.378 e. The van der Waals surface area contributed by atoms with Crippen LogP contribution in [-0.4, -0.2) is 37.0 Å². The lowest BCUT2D eigenvalue weighted by atomic mass is 10.2. The average Bonchev–Trinajstić information content (AvgIpc) is 2.73. The molecule has 0 aliphatic carbocycles. The zero-order valence-corrected chi connectivity index (χ0v) is 11.9. The van der Waals surface area contributed by atoms with Crippen LogP contribution in [0.15, 0.2) is 24.3 Å². The van der Waals surface area contributed by atoms with Crippen LogP contribution in [0.2, 0.25) is 0 Å². The molecule has 0 saturated heterocycles. The molecular formula is C13H17N3O2S. The fourth-order valence-corrected chi connectivity index (χ4v) is 2.93. The van der Waals surface area contributed by atoms with Crippen LogP contribution in [0.4, 0.5) is 10.7 Å². The summed E-state index contributed by atoms with van der Waals surface area (Å²) in [6, 6.07) is 7.65. The lowest BCUT2D eigenvalue weighted by Gasteiger charge is -2.09. The highest BCUT2D eigenvalue weighted by atomic mass is 32.1. The Hall–Kier alpha value is -1.66. The van der Waals surface area contributed by atoms with Crippen LogP contribution in [0.1, 0.15) is 6.42 Å². The number of benzene rings is 1. The Balaban J connectivity index is 2.19. The van der Waals surface area contributed by atoms with Crippen molar-refractivity contribution in [3.8, 4) is 0 Å². The highest BCUT2D eigenvalue weighted by Gasteiger charge is 2.20. The monoisotopic (exact) mass is 279 g/mol. The zero-order valence-electron chi connectivity index (χ0n) is 11.0. The van der Waals surface area contributed by atoms with Gasteiger partial charge in [-0.05, 0) is 33.1 Å². The standard InChI is InChI=1S/C13H17N3O2S/c1-15(2)9-5-8-14-12-10-6-3-4-7-11(10)19-13(12)16(17)18/h3-4,6-7,14H,5,8-9H2,1-2H3. The summed E-state index contributed by atoms with van der Waals surface area (Å²) in [6.45, 7) is 1.70. The maximum atomic E-state index is 11.1. The van der Waals surface area contributed by atoms with Gasteiger partial charge in [-0.3, -0.25) is 10.1 Å². The van der Waals surface area contributed by atoms with E-state index in [1.165, 1.54) is 11.3 Å². The van der Waals surface area contributed by atoms with Crippen LogP contribution in [-0.2, 0) is 0 Å². The van der Waals surface area contributed by atoms with Crippen molar-refractivity contribution in [2.24, 2.45) is 0 Å². The Morgan fingerprint density at radius 1 is 1.37 bits per heavy atom. The highest BCUT2D eigenvalue weighted by Crippen LogP contribution is 2.41. The van der Waals surface area contributed by atoms with Crippen molar-refractivity contribution in [1.29, 1.82) is 0 Å². The number of nitro groups is 1. The van der Waals surface area contributed by atoms with E-state index >= 15 is 0 Å². The molecule has 102 valence electrons. The Morgan fingerprint density at radius 2 is 2.11 bits per heavy atom. The van der Waals surface area contributed by atoms with E-state index in [9.17, 15) is 10.1 Å². The molecule has 0 saturated carbocycles. The Labute approximate surface area is 116 Å². The molecule has 0 spiro atoms. The lowest BCUT2D eigenvalue weighted by Crippen LogP contribution is -2.16. The molecule has 2 rings (SSSR count). The quantitative estimate of drug-likeness (QED) is 0.501. The molecule has 0 amide bonds. The first kappa shape index (κ1) is 13.8. The van der Waals surface area contributed by atoms with Gasteiger partial charge >= 0.3 is 5.00 Å². The number of hydrogen-bond acceptors (Lipinski definition) is 5. The first-order valence-corrected chi connectivity index (χ1v) is 6.96. The molecule has 6 heteroatoms. The van der Waals surface area contributed by atoms with Gasteiger partial charge < -0.3 is 10.2 Å². The second kappa shape index (κ2) is 5.99. The summed E-state index contributed by atoms with van der Waals surface area (Å²) in [7, 11) is 4.03. The molecule has 1 heterocycles. The van der Waals surface area contributed by atoms with Crippen LogP contribution in [0.3, 0.4) is 0 Å². The van der Waals surface area contributed by atoms with E-state index in [0.29, 0.717) is 5.69 Å². The van der Waals surface area contributed by atoms with Crippen molar-refractivity contribution < 1.29 is 4.92 Å². The summed E-state index contributed by atoms with van der Waals surface area (Å²) in [5.74, 6) is 0. The fraction of sp³-hybridized carbons (Fsp3) is 0.385. The molecule has 0 atom stereocenters. The van der Waals surface area contributed by atoms with Gasteiger partial charge in [0.15, 0.2) is 0 Å². The SMILES string of the molecule is CN(C)CCCNc1c([N+](=O)[O-])sc2ccccc12. The summed E-state index contributed by atoms with van der Waals surface area (Å²) in [5.41, 5.74) is 0.657. The average molecular weight is 279 g/mol. The van der Waals surface area contributed by atoms with Gasteiger partial charge in [0.2, 0.25) is 0 Å². The smallest absolute Gasteiger partial charge is 0.348 e. The topological polar surface area (TPSA) is 58.4 Å². The summed E-state index contributed by atoms with van der Waals surface area (Å²) >= 11 is 1.22. The number of nitrogens with one attached hydrogen (secondary N) is 1. The maximum Gasteiger partial charge on any atom is 0.348 e. The molecule has 0 fully saturated rings. The molecule has 0 aliphatic heterocycles. The highest BCUT2D eigenvalue weighted by molar-refractivity contribution is 7.23. The van der Waals surface area contributed by atoms with Crippen LogP contribution in [0.5, 0.6) is 0 Å². The van der Waals surface area contributed by atoms with Gasteiger partial charge in [0.25, 0.3) is 0 Å². The van der Waals surface area contributed by atoms with E-state index in [1.807, 2.05) is 38.4 Å². The van der Waals surface area contributed by atoms with Crippen LogP contribution in [0, 0.1) is 10.1 Å². The van der Waals surface area contributed by atoms with E-state index in [1.54, 1.807) is 0 Å². The molecule has 0 unspecified atom stereocenters. The Kier molecular flexibility index (Phi) is 4.34. The van der Waals surface area contributed by atoms with Gasteiger partial charge in [-0.2, -0.15) is 0 Å². The first-order valence-electron chi connectivity index (χ1n) is 6.14. The first-order chi connectivity index (χ1) is 9.09. The fourth-order valence-electron chi connectivity index (χ4n) is 1.94. The summed E-state index contributed by atoms with van der Waals surface area (Å²) in [5, 5.41) is 15.4. The normalized spacial score (nSPS) is 11.1. The summed E-state index contributed by atoms with van der Waals surface area (Å²) in [6.07, 6.45) is 0.953. The van der Waals surface area contributed by atoms with E-state index in [-0.39, 0.29) is 9.92 Å². The summed E-state index contributed by atoms with van der Waals surface area (Å²) in [4.78, 5) is 12.9. The van der Waals surface area contributed by atoms with Gasteiger partial charge in [0.1, 0.15) is 5.69 Å². The Bertz CT molecular complexity index is 580. The van der Waals surface area contributed by atoms with Crippen molar-refractivity contribution in [2.45, 2.75) is 6.42 Å². The van der Waals surface area contributed by atoms with Crippen molar-refractivity contribution in [1.82, 2.24) is 4.90 Å². The van der Waals surface area contributed by atoms with Gasteiger partial charge in [-0.15, -0.1) is 0 Å². The van der Waals surface area contributed by atoms with Crippen LogP contribution in [0.25, 0.3) is 10.1 Å². The molecule has 0 bridgehead atoms. The van der Waals surface area contributed by atoms with Gasteiger partial charge in [0, 0.05) is 16.6 Å². The largest absolute Gasteiger partial charge is 0.378 e. The second-order valence-electron chi connectivity index (χ2n) is 4.62. The lowest BCUT2D eigenvalue weighted by molar-refractivity contribution is -0.379. The molecule has 1 N–H and O–H groups in total. The van der Waals surface area contributed by atoms with E-state index in [4.69, 9.17) is 0 Å². The van der Waals surface area contributed by atoms with Crippen molar-refractivity contribution >= 4 is 32.1 Å². The summed E-state index contributed by atoms with van der Waals surface area (Å²) < 4.78 is 0.948. The molecule has 1 aromatic heterocycles. The van der Waals surface area contributed by atoms with Gasteiger partial charge in [-0.1, -0.05) is 29.5 Å². The molecular weight excluding hydrogens is 262 g/mol. The zero-order chi connectivity index (χ0) is 13.8. The number of nitrogens with zero attached hydrogens (tertiary/aromatic N) is 2. The molecule has 0 aliphatic rings. The third kappa shape index (κ3) is 3.21. The minimum atomic E-state index is -0.307. The van der Waals surface area contributed by atoms with Crippen molar-refractivity contribution in [2.75, 3.05) is 32.5 Å². The molecule has 19 heavy (non-hydrogen) atoms. The van der Waals surface area contributed by atoms with Crippen molar-refractivity contribution in [3.63, 3.8) is 0 Å². The van der Waals surface area contributed by atoms with Crippen LogP contribution < -0.4 is 5.32 Å².